The van der Waals surface area contributed by atoms with Crippen molar-refractivity contribution in [1.82, 2.24) is 0 Å². The van der Waals surface area contributed by atoms with Crippen LogP contribution in [0, 0.1) is 80.6 Å². The van der Waals surface area contributed by atoms with Gasteiger partial charge >= 0.3 is 0 Å². The molecule has 5 aromatic heterocycles. The number of pyridine rings is 5. The molecule has 0 aliphatic carbocycles. The van der Waals surface area contributed by atoms with Gasteiger partial charge in [-0.15, -0.1) is 0 Å². The predicted molar refractivity (Wildman–Crippen MR) is 415 cm³/mol. The molecule has 0 N–H and O–H groups in total. The summed E-state index contributed by atoms with van der Waals surface area (Å²) < 4.78 is 10.9. The lowest BCUT2D eigenvalue weighted by molar-refractivity contribution is -0.660. The lowest BCUT2D eigenvalue weighted by Crippen LogP contribution is -2.30. The Bertz CT molecular complexity index is 4250. The average Bonchev–Trinajstić information content (AvgIpc) is 0.826. The van der Waals surface area contributed by atoms with Gasteiger partial charge in [-0.3, -0.25) is 0 Å². The van der Waals surface area contributed by atoms with Crippen molar-refractivity contribution >= 4 is 0 Å². The maximum absolute atomic E-state index is 2.40. The molecule has 0 aliphatic rings. The van der Waals surface area contributed by atoms with Crippen LogP contribution in [0.2, 0.25) is 0 Å². The summed E-state index contributed by atoms with van der Waals surface area (Å²) in [6.45, 7) is 49.6. The van der Waals surface area contributed by atoms with Crippen LogP contribution in [-0.2, 0) is 53.5 Å². The fraction of sp³-hybridized carbons (Fsp3) is 0.402. The summed E-state index contributed by atoms with van der Waals surface area (Å²) in [5, 5.41) is 0. The highest BCUT2D eigenvalue weighted by atomic mass is 14.9. The van der Waals surface area contributed by atoms with Crippen molar-refractivity contribution in [3.05, 3.63) is 266 Å². The Morgan fingerprint density at radius 3 is 0.938 bits per heavy atom. The minimum atomic E-state index is 0.201. The normalized spacial score (nSPS) is 11.6. The van der Waals surface area contributed by atoms with Gasteiger partial charge in [0.25, 0.3) is 0 Å². The molecule has 5 heteroatoms. The quantitative estimate of drug-likeness (QED) is 0.103. The minimum absolute atomic E-state index is 0.201. The van der Waals surface area contributed by atoms with E-state index in [4.69, 9.17) is 0 Å². The molecular weight excluding hydrogens is 1180 g/mol. The molecule has 5 aromatic carbocycles. The van der Waals surface area contributed by atoms with Crippen LogP contribution in [0.5, 0.6) is 0 Å². The Kier molecular flexibility index (Phi) is 28.0. The van der Waals surface area contributed by atoms with Crippen LogP contribution in [0.25, 0.3) is 56.3 Å². The van der Waals surface area contributed by atoms with Gasteiger partial charge in [0.2, 0.25) is 28.5 Å². The second kappa shape index (κ2) is 34.9. The van der Waals surface area contributed by atoms with Crippen molar-refractivity contribution in [2.75, 3.05) is 0 Å². The molecule has 512 valence electrons. The fourth-order valence-electron chi connectivity index (χ4n) is 13.8. The fourth-order valence-corrected chi connectivity index (χ4v) is 13.8. The van der Waals surface area contributed by atoms with Gasteiger partial charge in [-0.25, -0.2) is 22.8 Å². The molecule has 0 radical (unpaired) electrons. The Morgan fingerprint density at radius 2 is 0.619 bits per heavy atom. The number of rotatable bonds is 13. The lowest BCUT2D eigenvalue weighted by Gasteiger charge is -2.23. The number of aryl methyl sites for hydroxylation is 15. The van der Waals surface area contributed by atoms with Crippen LogP contribution in [0.1, 0.15) is 198 Å². The van der Waals surface area contributed by atoms with Gasteiger partial charge in [0, 0.05) is 88.5 Å². The monoisotopic (exact) mass is 1300 g/mol. The minimum Gasteiger partial charge on any atom is -0.201 e. The number of benzene rings is 5. The maximum Gasteiger partial charge on any atom is 0.212 e. The number of nitrogens with zero attached hydrogens (tertiary/aromatic N) is 5. The first-order valence-corrected chi connectivity index (χ1v) is 36.0. The SMILES string of the molecule is CCC(C)c1cc(C)c(-c2cccc[n+]2C)cc1C.CCC(CC)c1cc(C)c(-c2cccc[n+]2C)cc1C.Cc1cc(-c2cccc[n+]2C)c(C)cc1CC(C)(C)C.Cc1cc(-c2cccc[n+]2C)c(C)cc1CC(C)C.Cc1cc(C(C)(C)C)c(C)cc1-c1cccc[n+]1C. The zero-order valence-corrected chi connectivity index (χ0v) is 65.3. The van der Waals surface area contributed by atoms with Gasteiger partial charge < -0.3 is 0 Å². The number of hydrogen-bond donors (Lipinski definition) is 0. The van der Waals surface area contributed by atoms with Gasteiger partial charge in [0.1, 0.15) is 35.2 Å². The van der Waals surface area contributed by atoms with Crippen LogP contribution in [-0.4, -0.2) is 0 Å². The third-order valence-electron chi connectivity index (χ3n) is 19.5. The van der Waals surface area contributed by atoms with E-state index in [1.807, 2.05) is 0 Å². The number of hydrogen-bond acceptors (Lipinski definition) is 0. The smallest absolute Gasteiger partial charge is 0.201 e. The van der Waals surface area contributed by atoms with E-state index >= 15 is 0 Å². The molecule has 1 atom stereocenters. The molecule has 10 rings (SSSR count). The summed E-state index contributed by atoms with van der Waals surface area (Å²) >= 11 is 0. The van der Waals surface area contributed by atoms with Gasteiger partial charge in [0.15, 0.2) is 31.0 Å². The molecule has 0 aliphatic heterocycles. The van der Waals surface area contributed by atoms with Crippen molar-refractivity contribution in [2.24, 2.45) is 46.6 Å². The third-order valence-corrected chi connectivity index (χ3v) is 19.5. The molecule has 10 aromatic rings. The van der Waals surface area contributed by atoms with Gasteiger partial charge in [-0.2, -0.15) is 0 Å². The van der Waals surface area contributed by atoms with E-state index in [-0.39, 0.29) is 5.41 Å². The summed E-state index contributed by atoms with van der Waals surface area (Å²) in [6, 6.07) is 55.3. The Balaban J connectivity index is 0.000000192. The van der Waals surface area contributed by atoms with E-state index in [1.54, 1.807) is 0 Å². The first-order chi connectivity index (χ1) is 45.7. The molecule has 0 fully saturated rings. The first kappa shape index (κ1) is 77.9. The van der Waals surface area contributed by atoms with E-state index in [0.717, 1.165) is 12.8 Å². The van der Waals surface area contributed by atoms with Crippen LogP contribution in [0.15, 0.2) is 183 Å². The van der Waals surface area contributed by atoms with Gasteiger partial charge in [0.05, 0.1) is 0 Å². The summed E-state index contributed by atoms with van der Waals surface area (Å²) in [4.78, 5) is 0. The summed E-state index contributed by atoms with van der Waals surface area (Å²) in [5.41, 5.74) is 34.8. The summed E-state index contributed by atoms with van der Waals surface area (Å²) in [5.74, 6) is 2.03. The third kappa shape index (κ3) is 20.9. The standard InChI is InChI=1S/2C19H26N.3C18H24N/c1-14-12-17(18-9-7-8-10-20(18)6)15(2)11-16(14)13-19(3,4)5;1-6-16(7-2)17-12-15(4)18(13-14(17)3)19-10-8-9-11-20(19)5;1-13-12-16(18(3,4)5)14(2)11-15(13)17-9-7-8-10-19(17)6;1-13(2)10-16-11-15(4)17(12-14(16)3)18-8-6-7-9-19(18)5;1-6-13(2)16-11-15(4)17(12-14(16)3)18-9-7-8-10-19(18)5/h7-12H,13H2,1-6H3;8-13,16H,6-7H2,1-5H3;7-12H,1-6H3;6-9,11-13H,10H2,1-5H3;7-13H,6H2,1-5H3/q5*+1. The molecule has 0 spiro atoms. The second-order valence-electron chi connectivity index (χ2n) is 30.6. The molecule has 0 bridgehead atoms. The molecule has 0 amide bonds. The van der Waals surface area contributed by atoms with Crippen LogP contribution >= 0.6 is 0 Å². The van der Waals surface area contributed by atoms with Crippen molar-refractivity contribution in [2.45, 2.75) is 202 Å². The lowest BCUT2D eigenvalue weighted by atomic mass is 9.82. The maximum atomic E-state index is 2.40. The zero-order valence-electron chi connectivity index (χ0n) is 65.3. The highest BCUT2D eigenvalue weighted by Crippen LogP contribution is 2.35. The summed E-state index contributed by atoms with van der Waals surface area (Å²) in [7, 11) is 10.5. The second-order valence-corrected chi connectivity index (χ2v) is 30.6. The molecule has 0 saturated carbocycles. The zero-order chi connectivity index (χ0) is 71.8. The molecule has 1 unspecified atom stereocenters. The van der Waals surface area contributed by atoms with E-state index in [9.17, 15) is 0 Å². The van der Waals surface area contributed by atoms with Crippen LogP contribution < -0.4 is 22.8 Å². The molecular formula is C92H124N5+5. The van der Waals surface area contributed by atoms with E-state index < -0.39 is 0 Å². The molecule has 5 heterocycles. The largest absolute Gasteiger partial charge is 0.212 e. The van der Waals surface area contributed by atoms with Crippen molar-refractivity contribution in [3.8, 4) is 56.3 Å². The predicted octanol–water partition coefficient (Wildman–Crippen LogP) is 21.5. The summed E-state index contributed by atoms with van der Waals surface area (Å²) in [6.07, 6.45) is 16.4. The Hall–Kier alpha value is -8.15. The highest BCUT2D eigenvalue weighted by Gasteiger charge is 2.23. The molecule has 0 saturated heterocycles. The van der Waals surface area contributed by atoms with Crippen molar-refractivity contribution in [3.63, 3.8) is 0 Å². The van der Waals surface area contributed by atoms with Gasteiger partial charge in [-0.1, -0.05) is 113 Å². The van der Waals surface area contributed by atoms with E-state index in [2.05, 4.69) is 393 Å². The van der Waals surface area contributed by atoms with Gasteiger partial charge in [-0.05, 0) is 274 Å². The Morgan fingerprint density at radius 1 is 0.320 bits per heavy atom. The molecule has 5 nitrogen and oxygen atoms in total. The average molecular weight is 1300 g/mol. The highest BCUT2D eigenvalue weighted by molar-refractivity contribution is 5.67. The van der Waals surface area contributed by atoms with Crippen molar-refractivity contribution in [1.29, 1.82) is 0 Å². The van der Waals surface area contributed by atoms with E-state index in [1.165, 1.54) is 159 Å². The van der Waals surface area contributed by atoms with Crippen molar-refractivity contribution < 1.29 is 22.8 Å². The van der Waals surface area contributed by atoms with Crippen LogP contribution in [0.4, 0.5) is 0 Å². The van der Waals surface area contributed by atoms with Crippen LogP contribution in [0.3, 0.4) is 0 Å². The number of aromatic nitrogens is 5. The Labute approximate surface area is 590 Å². The van der Waals surface area contributed by atoms with E-state index in [0.29, 0.717) is 23.2 Å². The first-order valence-electron chi connectivity index (χ1n) is 36.0. The molecule has 97 heavy (non-hydrogen) atoms. The topological polar surface area (TPSA) is 19.4 Å².